The zero-order chi connectivity index (χ0) is 15.1. The molecule has 3 rings (SSSR count). The quantitative estimate of drug-likeness (QED) is 0.862. The molecule has 2 aliphatic carbocycles. The van der Waals surface area contributed by atoms with Crippen molar-refractivity contribution >= 4 is 0 Å². The van der Waals surface area contributed by atoms with Crippen LogP contribution in [0.15, 0.2) is 0 Å². The minimum atomic E-state index is -0.777. The molecule has 0 amide bonds. The second-order valence-corrected chi connectivity index (χ2v) is 7.91. The maximum atomic E-state index is 11.3. The molecule has 1 N–H and O–H groups in total. The molecule has 0 aromatic rings. The van der Waals surface area contributed by atoms with Crippen LogP contribution in [0.5, 0.6) is 0 Å². The molecule has 0 aromatic carbocycles. The van der Waals surface area contributed by atoms with Crippen LogP contribution in [0.2, 0.25) is 0 Å². The van der Waals surface area contributed by atoms with Crippen molar-refractivity contribution in [3.05, 3.63) is 0 Å². The molecule has 0 spiro atoms. The van der Waals surface area contributed by atoms with Gasteiger partial charge in [-0.15, -0.1) is 0 Å². The number of rotatable bonds is 4. The zero-order valence-electron chi connectivity index (χ0n) is 13.6. The molecule has 118 valence electrons. The molecular formula is C18H30N2O. The first kappa shape index (κ1) is 15.3. The monoisotopic (exact) mass is 290 g/mol. The van der Waals surface area contributed by atoms with Gasteiger partial charge in [0.25, 0.3) is 0 Å². The van der Waals surface area contributed by atoms with Gasteiger partial charge in [0.2, 0.25) is 0 Å². The molecule has 2 unspecified atom stereocenters. The number of β-amino-alcohol motifs (C(OH)–C–C–N with tert-alkyl or cyclic N) is 1. The fourth-order valence-electron chi connectivity index (χ4n) is 4.92. The third-order valence-corrected chi connectivity index (χ3v) is 6.42. The van der Waals surface area contributed by atoms with Gasteiger partial charge in [-0.25, -0.2) is 0 Å². The van der Waals surface area contributed by atoms with Gasteiger partial charge in [-0.1, -0.05) is 19.8 Å². The Morgan fingerprint density at radius 1 is 1.24 bits per heavy atom. The molecule has 2 saturated carbocycles. The van der Waals surface area contributed by atoms with Gasteiger partial charge < -0.3 is 5.11 Å². The van der Waals surface area contributed by atoms with Crippen LogP contribution in [0.1, 0.15) is 71.6 Å². The van der Waals surface area contributed by atoms with Gasteiger partial charge in [0.1, 0.15) is 0 Å². The smallest absolute Gasteiger partial charge is 0.0974 e. The first-order valence-electron chi connectivity index (χ1n) is 8.93. The standard InChI is InChI=1S/C18H30N2O/c1-3-4-15-7-9-17(12-19,10-8-15)18(21)11-14(2)20(13-18)16-5-6-16/h14-16,21H,3-11,13H2,1-2H3. The molecule has 1 saturated heterocycles. The molecular weight excluding hydrogens is 260 g/mol. The highest BCUT2D eigenvalue weighted by atomic mass is 16.3. The Hall–Kier alpha value is -0.590. The summed E-state index contributed by atoms with van der Waals surface area (Å²) in [5, 5.41) is 21.2. The van der Waals surface area contributed by atoms with Crippen molar-refractivity contribution in [2.75, 3.05) is 6.54 Å². The van der Waals surface area contributed by atoms with Gasteiger partial charge in [-0.3, -0.25) is 4.90 Å². The number of hydrogen-bond donors (Lipinski definition) is 1. The van der Waals surface area contributed by atoms with Crippen molar-refractivity contribution in [1.29, 1.82) is 5.26 Å². The maximum Gasteiger partial charge on any atom is 0.0974 e. The molecule has 3 fully saturated rings. The minimum absolute atomic E-state index is 0.432. The molecule has 21 heavy (non-hydrogen) atoms. The van der Waals surface area contributed by atoms with Crippen LogP contribution in [0, 0.1) is 22.7 Å². The summed E-state index contributed by atoms with van der Waals surface area (Å²) in [6.45, 7) is 5.20. The Bertz CT molecular complexity index is 417. The average molecular weight is 290 g/mol. The molecule has 0 bridgehead atoms. The molecule has 1 aliphatic heterocycles. The fraction of sp³-hybridized carbons (Fsp3) is 0.944. The SMILES string of the molecule is CCCC1CCC(C#N)(C2(O)CC(C)N(C3CC3)C2)CC1. The summed E-state index contributed by atoms with van der Waals surface area (Å²) in [5.41, 5.74) is -1.27. The summed E-state index contributed by atoms with van der Waals surface area (Å²) in [4.78, 5) is 2.47. The number of nitrogens with zero attached hydrogens (tertiary/aromatic N) is 2. The predicted molar refractivity (Wildman–Crippen MR) is 83.7 cm³/mol. The van der Waals surface area contributed by atoms with Crippen molar-refractivity contribution in [3.63, 3.8) is 0 Å². The first-order chi connectivity index (χ1) is 10.0. The molecule has 1 heterocycles. The van der Waals surface area contributed by atoms with Crippen molar-refractivity contribution in [1.82, 2.24) is 4.90 Å². The van der Waals surface area contributed by atoms with E-state index >= 15 is 0 Å². The zero-order valence-corrected chi connectivity index (χ0v) is 13.6. The normalized spacial score (nSPS) is 44.7. The van der Waals surface area contributed by atoms with E-state index in [0.29, 0.717) is 12.1 Å². The Morgan fingerprint density at radius 3 is 2.43 bits per heavy atom. The van der Waals surface area contributed by atoms with E-state index in [1.807, 2.05) is 0 Å². The summed E-state index contributed by atoms with van der Waals surface area (Å²) < 4.78 is 0. The molecule has 0 aromatic heterocycles. The van der Waals surface area contributed by atoms with E-state index < -0.39 is 11.0 Å². The summed E-state index contributed by atoms with van der Waals surface area (Å²) in [7, 11) is 0. The van der Waals surface area contributed by atoms with E-state index in [1.165, 1.54) is 25.7 Å². The topological polar surface area (TPSA) is 47.3 Å². The van der Waals surface area contributed by atoms with Gasteiger partial charge in [-0.05, 0) is 57.8 Å². The highest BCUT2D eigenvalue weighted by Gasteiger charge is 2.58. The molecule has 3 heteroatoms. The number of nitriles is 1. The number of aliphatic hydroxyl groups is 1. The van der Waals surface area contributed by atoms with Crippen LogP contribution in [-0.4, -0.2) is 34.2 Å². The van der Waals surface area contributed by atoms with Crippen molar-refractivity contribution in [2.24, 2.45) is 11.3 Å². The summed E-state index contributed by atoms with van der Waals surface area (Å²) >= 11 is 0. The Labute approximate surface area is 129 Å². The lowest BCUT2D eigenvalue weighted by Crippen LogP contribution is -2.51. The fourth-order valence-corrected chi connectivity index (χ4v) is 4.92. The lowest BCUT2D eigenvalue weighted by Gasteiger charge is -2.44. The Kier molecular flexibility index (Phi) is 4.05. The summed E-state index contributed by atoms with van der Waals surface area (Å²) in [5.74, 6) is 0.776. The lowest BCUT2D eigenvalue weighted by molar-refractivity contribution is -0.0700. The van der Waals surface area contributed by atoms with Gasteiger partial charge in [-0.2, -0.15) is 5.26 Å². The summed E-state index contributed by atoms with van der Waals surface area (Å²) in [6.07, 6.45) is 9.91. The maximum absolute atomic E-state index is 11.3. The van der Waals surface area contributed by atoms with Crippen LogP contribution in [0.3, 0.4) is 0 Å². The minimum Gasteiger partial charge on any atom is -0.387 e. The Balaban J connectivity index is 1.73. The van der Waals surface area contributed by atoms with Crippen LogP contribution < -0.4 is 0 Å². The average Bonchev–Trinajstić information content (AvgIpc) is 3.26. The van der Waals surface area contributed by atoms with Gasteiger partial charge in [0.15, 0.2) is 0 Å². The number of likely N-dealkylation sites (tertiary alicyclic amines) is 1. The van der Waals surface area contributed by atoms with Crippen molar-refractivity contribution in [2.45, 2.75) is 89.3 Å². The third kappa shape index (κ3) is 2.62. The van der Waals surface area contributed by atoms with Gasteiger partial charge >= 0.3 is 0 Å². The van der Waals surface area contributed by atoms with Crippen LogP contribution in [0.25, 0.3) is 0 Å². The van der Waals surface area contributed by atoms with Crippen LogP contribution in [0.4, 0.5) is 0 Å². The molecule has 3 aliphatic rings. The predicted octanol–water partition coefficient (Wildman–Crippen LogP) is 3.47. The highest BCUT2D eigenvalue weighted by Crippen LogP contribution is 2.52. The van der Waals surface area contributed by atoms with Gasteiger partial charge in [0, 0.05) is 18.6 Å². The van der Waals surface area contributed by atoms with Gasteiger partial charge in [0.05, 0.1) is 17.1 Å². The van der Waals surface area contributed by atoms with E-state index in [9.17, 15) is 10.4 Å². The van der Waals surface area contributed by atoms with E-state index in [4.69, 9.17) is 0 Å². The second kappa shape index (κ2) is 5.56. The van der Waals surface area contributed by atoms with E-state index in [-0.39, 0.29) is 0 Å². The highest BCUT2D eigenvalue weighted by molar-refractivity contribution is 5.18. The van der Waals surface area contributed by atoms with Crippen molar-refractivity contribution in [3.8, 4) is 6.07 Å². The van der Waals surface area contributed by atoms with E-state index in [1.54, 1.807) is 0 Å². The lowest BCUT2D eigenvalue weighted by atomic mass is 9.61. The third-order valence-electron chi connectivity index (χ3n) is 6.42. The second-order valence-electron chi connectivity index (χ2n) is 7.91. The van der Waals surface area contributed by atoms with Crippen molar-refractivity contribution < 1.29 is 5.11 Å². The molecule has 2 atom stereocenters. The van der Waals surface area contributed by atoms with Crippen LogP contribution in [-0.2, 0) is 0 Å². The molecule has 0 radical (unpaired) electrons. The summed E-state index contributed by atoms with van der Waals surface area (Å²) in [6, 6.07) is 3.70. The Morgan fingerprint density at radius 2 is 1.90 bits per heavy atom. The van der Waals surface area contributed by atoms with E-state index in [0.717, 1.165) is 44.6 Å². The first-order valence-corrected chi connectivity index (χ1v) is 8.93. The number of hydrogen-bond acceptors (Lipinski definition) is 3. The largest absolute Gasteiger partial charge is 0.387 e. The van der Waals surface area contributed by atoms with Crippen LogP contribution >= 0.6 is 0 Å². The van der Waals surface area contributed by atoms with E-state index in [2.05, 4.69) is 24.8 Å². The molecule has 3 nitrogen and oxygen atoms in total.